The molecule has 4 rings (SSSR count). The molecule has 2 aromatic heterocycles. The van der Waals surface area contributed by atoms with Crippen LogP contribution in [0.15, 0.2) is 29.2 Å². The highest BCUT2D eigenvalue weighted by molar-refractivity contribution is 5.91. The van der Waals surface area contributed by atoms with Crippen LogP contribution < -0.4 is 15.8 Å². The third-order valence-corrected chi connectivity index (χ3v) is 6.74. The third kappa shape index (κ3) is 5.69. The average Bonchev–Trinajstić information content (AvgIpc) is 3.04. The molecule has 0 radical (unpaired) electrons. The average molecular weight is 514 g/mol. The molecule has 12 heteroatoms. The molecule has 196 valence electrons. The fourth-order valence-electron chi connectivity index (χ4n) is 5.00. The second kappa shape index (κ2) is 9.79. The van der Waals surface area contributed by atoms with Gasteiger partial charge in [-0.15, -0.1) is 0 Å². The Morgan fingerprint density at radius 3 is 2.67 bits per heavy atom. The van der Waals surface area contributed by atoms with E-state index in [1.165, 1.54) is 34.2 Å². The van der Waals surface area contributed by atoms with Crippen LogP contribution in [0.25, 0.3) is 11.1 Å². The maximum absolute atomic E-state index is 14.1. The number of alkyl halides is 5. The van der Waals surface area contributed by atoms with Crippen LogP contribution in [0.4, 0.5) is 33.6 Å². The first-order valence-electron chi connectivity index (χ1n) is 11.7. The number of anilines is 2. The van der Waals surface area contributed by atoms with E-state index in [-0.39, 0.29) is 37.6 Å². The number of hydrogen-bond acceptors (Lipinski definition) is 5. The molecule has 2 N–H and O–H groups in total. The number of nitrogens with one attached hydrogen (secondary N) is 2. The Balaban J connectivity index is 1.58. The minimum Gasteiger partial charge on any atom is -0.346 e. The third-order valence-electron chi connectivity index (χ3n) is 6.74. The number of aryl methyl sites for hydroxylation is 1. The zero-order valence-corrected chi connectivity index (χ0v) is 20.0. The van der Waals surface area contributed by atoms with Crippen LogP contribution in [0.1, 0.15) is 31.2 Å². The van der Waals surface area contributed by atoms with Crippen molar-refractivity contribution in [2.45, 2.75) is 50.7 Å². The number of amides is 1. The van der Waals surface area contributed by atoms with Crippen LogP contribution in [0.5, 0.6) is 0 Å². The number of hydrogen-bond donors (Lipinski definition) is 2. The molecule has 2 atom stereocenters. The largest absolute Gasteiger partial charge is 0.408 e. The molecule has 0 aromatic carbocycles. The second-order valence-electron chi connectivity index (χ2n) is 9.66. The van der Waals surface area contributed by atoms with Gasteiger partial charge >= 0.3 is 6.18 Å². The zero-order chi connectivity index (χ0) is 26.3. The lowest BCUT2D eigenvalue weighted by molar-refractivity contribution is -0.152. The Morgan fingerprint density at radius 1 is 1.25 bits per heavy atom. The number of likely N-dealkylation sites (tertiary alicyclic amines) is 1. The maximum Gasteiger partial charge on any atom is 0.408 e. The van der Waals surface area contributed by atoms with Gasteiger partial charge in [-0.1, -0.05) is 0 Å². The number of H-pyrrole nitrogens is 1. The number of pyridine rings is 2. The second-order valence-corrected chi connectivity index (χ2v) is 9.66. The monoisotopic (exact) mass is 513 g/mol. The highest BCUT2D eigenvalue weighted by atomic mass is 19.4. The van der Waals surface area contributed by atoms with Gasteiger partial charge in [0.1, 0.15) is 17.7 Å². The van der Waals surface area contributed by atoms with Gasteiger partial charge in [-0.05, 0) is 62.1 Å². The highest BCUT2D eigenvalue weighted by Gasteiger charge is 2.47. The Bertz CT molecular complexity index is 1180. The van der Waals surface area contributed by atoms with Crippen LogP contribution in [-0.2, 0) is 4.79 Å². The SMILES string of the molecule is Cc1cnc(NC(=O)CC2CN(C)CC2(F)F)cc1-c1cc(N2CCCC[C@@H]2C(F)(F)F)[nH]c(=O)c1. The lowest BCUT2D eigenvalue weighted by Gasteiger charge is -2.38. The molecule has 2 aliphatic rings. The molecule has 2 aromatic rings. The van der Waals surface area contributed by atoms with Crippen molar-refractivity contribution in [1.82, 2.24) is 14.9 Å². The number of carbonyl (C=O) groups excluding carboxylic acids is 1. The van der Waals surface area contributed by atoms with E-state index in [9.17, 15) is 31.5 Å². The van der Waals surface area contributed by atoms with Crippen molar-refractivity contribution >= 4 is 17.5 Å². The van der Waals surface area contributed by atoms with Crippen LogP contribution in [0, 0.1) is 12.8 Å². The fraction of sp³-hybridized carbons (Fsp3) is 0.542. The van der Waals surface area contributed by atoms with E-state index in [1.54, 1.807) is 14.0 Å². The Labute approximate surface area is 204 Å². The summed E-state index contributed by atoms with van der Waals surface area (Å²) in [5.74, 6) is -4.54. The summed E-state index contributed by atoms with van der Waals surface area (Å²) in [6.07, 6.45) is -2.42. The Morgan fingerprint density at radius 2 is 2.00 bits per heavy atom. The molecule has 36 heavy (non-hydrogen) atoms. The minimum absolute atomic E-state index is 0.0595. The first-order chi connectivity index (χ1) is 16.8. The minimum atomic E-state index is -4.44. The van der Waals surface area contributed by atoms with Crippen molar-refractivity contribution in [2.75, 3.05) is 36.9 Å². The summed E-state index contributed by atoms with van der Waals surface area (Å²) in [5, 5.41) is 2.53. The molecule has 7 nitrogen and oxygen atoms in total. The summed E-state index contributed by atoms with van der Waals surface area (Å²) in [6, 6.07) is 2.54. The van der Waals surface area contributed by atoms with Gasteiger partial charge in [0.15, 0.2) is 0 Å². The van der Waals surface area contributed by atoms with Gasteiger partial charge in [0.2, 0.25) is 11.5 Å². The van der Waals surface area contributed by atoms with Crippen LogP contribution in [-0.4, -0.2) is 65.6 Å². The van der Waals surface area contributed by atoms with Crippen molar-refractivity contribution in [3.63, 3.8) is 0 Å². The zero-order valence-electron chi connectivity index (χ0n) is 20.0. The van der Waals surface area contributed by atoms with E-state index in [2.05, 4.69) is 15.3 Å². The summed E-state index contributed by atoms with van der Waals surface area (Å²) in [5.41, 5.74) is 0.904. The summed E-state index contributed by atoms with van der Waals surface area (Å²) < 4.78 is 69.0. The van der Waals surface area contributed by atoms with Gasteiger partial charge < -0.3 is 20.1 Å². The molecule has 0 aliphatic carbocycles. The molecule has 2 aliphatic heterocycles. The summed E-state index contributed by atoms with van der Waals surface area (Å²) in [4.78, 5) is 34.2. The highest BCUT2D eigenvalue weighted by Crippen LogP contribution is 2.36. The molecule has 0 spiro atoms. The van der Waals surface area contributed by atoms with E-state index >= 15 is 0 Å². The maximum atomic E-state index is 14.1. The smallest absolute Gasteiger partial charge is 0.346 e. The Hall–Kier alpha value is -3.02. The van der Waals surface area contributed by atoms with E-state index in [4.69, 9.17) is 0 Å². The standard InChI is InChI=1S/C24H28F5N5O2/c1-14-11-30-19(31-22(36)9-16-12-33(2)13-23(16,25)26)10-17(14)15-7-20(32-21(35)8-15)34-6-4-3-5-18(34)24(27,28)29/h7-8,10-11,16,18H,3-6,9,12-13H2,1-2H3,(H,32,35)(H,30,31,36)/t16?,18-/m1/s1. The molecular weight excluding hydrogens is 485 g/mol. The van der Waals surface area contributed by atoms with E-state index < -0.39 is 42.1 Å². The summed E-state index contributed by atoms with van der Waals surface area (Å²) in [6.45, 7) is 1.55. The summed E-state index contributed by atoms with van der Waals surface area (Å²) in [7, 11) is 1.57. The van der Waals surface area contributed by atoms with Gasteiger partial charge in [-0.2, -0.15) is 13.2 Å². The van der Waals surface area contributed by atoms with E-state index in [1.807, 2.05) is 0 Å². The Kier molecular flexibility index (Phi) is 7.09. The van der Waals surface area contributed by atoms with Crippen LogP contribution in [0.2, 0.25) is 0 Å². The van der Waals surface area contributed by atoms with Gasteiger partial charge in [-0.25, -0.2) is 13.8 Å². The number of aromatic nitrogens is 2. The van der Waals surface area contributed by atoms with Gasteiger partial charge in [0.05, 0.1) is 6.54 Å². The lowest BCUT2D eigenvalue weighted by Crippen LogP contribution is -2.49. The van der Waals surface area contributed by atoms with Crippen molar-refractivity contribution in [3.8, 4) is 11.1 Å². The van der Waals surface area contributed by atoms with Gasteiger partial charge in [-0.3, -0.25) is 9.59 Å². The number of nitrogens with zero attached hydrogens (tertiary/aromatic N) is 3. The predicted octanol–water partition coefficient (Wildman–Crippen LogP) is 4.19. The first kappa shape index (κ1) is 26.1. The first-order valence-corrected chi connectivity index (χ1v) is 11.7. The number of carbonyl (C=O) groups is 1. The van der Waals surface area contributed by atoms with Crippen molar-refractivity contribution in [1.29, 1.82) is 0 Å². The lowest BCUT2D eigenvalue weighted by atomic mass is 9.99. The van der Waals surface area contributed by atoms with Gasteiger partial charge in [0.25, 0.3) is 5.92 Å². The molecule has 0 bridgehead atoms. The molecule has 2 saturated heterocycles. The number of rotatable bonds is 5. The summed E-state index contributed by atoms with van der Waals surface area (Å²) >= 11 is 0. The quantitative estimate of drug-likeness (QED) is 0.586. The molecule has 2 fully saturated rings. The molecule has 1 unspecified atom stereocenters. The number of aromatic amines is 1. The molecule has 4 heterocycles. The number of halogens is 5. The van der Waals surface area contributed by atoms with Crippen LogP contribution in [0.3, 0.4) is 0 Å². The topological polar surface area (TPSA) is 81.3 Å². The van der Waals surface area contributed by atoms with E-state index in [0.717, 1.165) is 0 Å². The molecule has 1 amide bonds. The van der Waals surface area contributed by atoms with Crippen molar-refractivity contribution in [2.24, 2.45) is 5.92 Å². The molecule has 0 saturated carbocycles. The van der Waals surface area contributed by atoms with Crippen LogP contribution >= 0.6 is 0 Å². The van der Waals surface area contributed by atoms with Gasteiger partial charge in [0, 0.05) is 37.7 Å². The van der Waals surface area contributed by atoms with Crippen molar-refractivity contribution in [3.05, 3.63) is 40.3 Å². The fourth-order valence-corrected chi connectivity index (χ4v) is 5.00. The normalized spacial score (nSPS) is 22.6. The number of piperidine rings is 1. The van der Waals surface area contributed by atoms with E-state index in [0.29, 0.717) is 29.5 Å². The van der Waals surface area contributed by atoms with Crippen molar-refractivity contribution < 1.29 is 26.7 Å². The predicted molar refractivity (Wildman–Crippen MR) is 125 cm³/mol. The molecular formula is C24H28F5N5O2.